The predicted octanol–water partition coefficient (Wildman–Crippen LogP) is 14.3. The van der Waals surface area contributed by atoms with E-state index in [9.17, 15) is 24.0 Å². The number of hydrogen-bond donors (Lipinski definition) is 5. The van der Waals surface area contributed by atoms with Gasteiger partial charge in [0, 0.05) is 132 Å². The zero-order valence-corrected chi connectivity index (χ0v) is 86.9. The average Bonchev–Trinajstić information content (AvgIpc) is 1.65. The number of aromatic nitrogens is 20. The van der Waals surface area contributed by atoms with Crippen LogP contribution in [0.2, 0.25) is 0 Å². The number of pyridine rings is 6. The molecular weight excluding hydrogens is 1830 g/mol. The number of carbonyl (C=O) groups excluding carboxylic acids is 5. The molecule has 13 aromatic rings. The number of ether oxygens (including phenoxy) is 2. The Morgan fingerprint density at radius 1 is 0.410 bits per heavy atom. The number of imidazole rings is 3. The number of nitrogens with one attached hydrogen (secondary N) is 5. The topological polar surface area (TPSA) is 417 Å². The van der Waals surface area contributed by atoms with Crippen molar-refractivity contribution < 1.29 is 52.1 Å². The van der Waals surface area contributed by atoms with Crippen LogP contribution in [0.1, 0.15) is 230 Å². The van der Waals surface area contributed by atoms with Crippen molar-refractivity contribution in [2.24, 2.45) is 0 Å². The molecule has 5 aliphatic heterocycles. The number of rotatable bonds is 16. The van der Waals surface area contributed by atoms with Crippen LogP contribution in [0.25, 0.3) is 56.0 Å². The van der Waals surface area contributed by atoms with Gasteiger partial charge in [-0.15, -0.1) is 0 Å². The normalized spacial score (nSPS) is 16.8. The largest absolute Gasteiger partial charge is 0.498 e. The van der Waals surface area contributed by atoms with Crippen LogP contribution in [-0.4, -0.2) is 292 Å². The third-order valence-electron chi connectivity index (χ3n) is 26.8. The predicted molar refractivity (Wildman–Crippen MR) is 541 cm³/mol. The van der Waals surface area contributed by atoms with Crippen LogP contribution in [0.3, 0.4) is 0 Å². The highest BCUT2D eigenvalue weighted by molar-refractivity contribution is 9.10. The minimum absolute atomic E-state index is 0.176. The van der Waals surface area contributed by atoms with E-state index in [-0.39, 0.29) is 47.3 Å². The summed E-state index contributed by atoms with van der Waals surface area (Å²) in [4.78, 5) is 128. The molecule has 736 valence electrons. The van der Waals surface area contributed by atoms with Crippen LogP contribution in [-0.2, 0) is 28.1 Å². The maximum Gasteiger partial charge on any atom is 0.498 e. The summed E-state index contributed by atoms with van der Waals surface area (Å²) in [6, 6.07) is 23.8. The summed E-state index contributed by atoms with van der Waals surface area (Å²) in [5.74, 6) is 2.82. The lowest BCUT2D eigenvalue weighted by atomic mass is 9.77. The van der Waals surface area contributed by atoms with Crippen LogP contribution in [0.4, 0.5) is 27.0 Å². The van der Waals surface area contributed by atoms with Gasteiger partial charge in [-0.25, -0.2) is 44.5 Å². The number of carbonyl (C=O) groups is 5. The molecule has 40 heteroatoms. The van der Waals surface area contributed by atoms with Crippen molar-refractivity contribution in [1.82, 2.24) is 114 Å². The lowest BCUT2D eigenvalue weighted by Crippen LogP contribution is -2.42. The quantitative estimate of drug-likeness (QED) is 0.0341. The maximum atomic E-state index is 13.5. The van der Waals surface area contributed by atoms with Crippen LogP contribution in [0, 0.1) is 55.4 Å². The summed E-state index contributed by atoms with van der Waals surface area (Å²) in [6.07, 6.45) is 10.4. The Kier molecular flexibility index (Phi) is 30.3. The van der Waals surface area contributed by atoms with Gasteiger partial charge in [0.1, 0.15) is 33.3 Å². The first-order chi connectivity index (χ1) is 65.3. The van der Waals surface area contributed by atoms with E-state index in [1.807, 2.05) is 126 Å². The van der Waals surface area contributed by atoms with Gasteiger partial charge in [0.15, 0.2) is 34.4 Å². The summed E-state index contributed by atoms with van der Waals surface area (Å²) >= 11 is 3.29. The second-order valence-corrected chi connectivity index (χ2v) is 41.7. The number of ketones is 3. The molecule has 13 aromatic heterocycles. The zero-order chi connectivity index (χ0) is 101. The molecule has 5 saturated heterocycles. The van der Waals surface area contributed by atoms with Crippen molar-refractivity contribution >= 4 is 122 Å². The number of fused-ring (bicyclic) bond motifs is 3. The Balaban J connectivity index is 0.000000143. The highest BCUT2D eigenvalue weighted by Gasteiger charge is 2.55. The van der Waals surface area contributed by atoms with Crippen LogP contribution >= 0.6 is 15.9 Å². The molecule has 18 heterocycles. The number of hydrogen-bond acceptors (Lipinski definition) is 30. The van der Waals surface area contributed by atoms with E-state index in [1.54, 1.807) is 89.6 Å². The SMILES string of the molecule is CN(C)C1CCN(c2ccc3[nH]c(C(=O)c4ccnc(Br)c4)nc3n2)CC1.Cc1n[nH]c(C)c1-c1cc(C(=O)c2nc3nc(N4CCC(N(C)C)CC4)ccc3[nH]2)ccn1.Cc1n[nH]c(C)c1B1OC(C)(C)C(C)(C)O1.Cc1nn(C(=O)OC(C)(C)C)c(C)c1-c1cc(C(=O)c2nc3nc(N4CCC(N(C)C)CC4)ccc3[nH]2)ccn1.Cc1nn(C(=O)OC(C)(C)C)c(C)c1B1OC(C)(C)C(C)(C)O1. The molecule has 0 saturated carbocycles. The van der Waals surface area contributed by atoms with Crippen LogP contribution in [0.15, 0.2) is 96.0 Å². The second-order valence-electron chi connectivity index (χ2n) is 40.9. The Morgan fingerprint density at radius 3 is 1.08 bits per heavy atom. The van der Waals surface area contributed by atoms with Crippen LogP contribution in [0.5, 0.6) is 0 Å². The number of halogens is 1. The van der Waals surface area contributed by atoms with Gasteiger partial charge in [-0.1, -0.05) is 0 Å². The number of aryl methyl sites for hydroxylation is 6. The van der Waals surface area contributed by atoms with E-state index in [0.29, 0.717) is 107 Å². The fourth-order valence-corrected chi connectivity index (χ4v) is 17.8. The van der Waals surface area contributed by atoms with Crippen molar-refractivity contribution in [2.45, 2.75) is 243 Å². The van der Waals surface area contributed by atoms with Crippen LogP contribution < -0.4 is 25.6 Å². The molecule has 0 radical (unpaired) electrons. The van der Waals surface area contributed by atoms with E-state index in [0.717, 1.165) is 146 Å². The first kappa shape index (κ1) is 103. The molecule has 5 aliphatic rings. The highest BCUT2D eigenvalue weighted by atomic mass is 79.9. The molecule has 5 fully saturated rings. The average molecular weight is 1960 g/mol. The molecule has 0 spiro atoms. The maximum absolute atomic E-state index is 13.5. The molecule has 0 aliphatic carbocycles. The summed E-state index contributed by atoms with van der Waals surface area (Å²) in [7, 11) is 11.9. The lowest BCUT2D eigenvalue weighted by Gasteiger charge is -2.35. The van der Waals surface area contributed by atoms with Gasteiger partial charge in [0.2, 0.25) is 17.3 Å². The Bertz CT molecular complexity index is 6590. The van der Waals surface area contributed by atoms with Gasteiger partial charge < -0.3 is 72.4 Å². The highest BCUT2D eigenvalue weighted by Crippen LogP contribution is 2.40. The number of H-pyrrole nitrogens is 5. The summed E-state index contributed by atoms with van der Waals surface area (Å²) < 4.78 is 38.1. The van der Waals surface area contributed by atoms with Gasteiger partial charge in [-0.3, -0.25) is 34.5 Å². The number of nitrogens with zero attached hydrogens (tertiary/aromatic N) is 21. The molecule has 0 unspecified atom stereocenters. The minimum Gasteiger partial charge on any atom is -0.442 e. The number of aromatic amines is 5. The Labute approximate surface area is 820 Å². The van der Waals surface area contributed by atoms with Gasteiger partial charge >= 0.3 is 26.4 Å². The van der Waals surface area contributed by atoms with Crippen molar-refractivity contribution in [3.05, 3.63) is 176 Å². The fraction of sp³-hybridized carbons (Fsp3) is 0.495. The summed E-state index contributed by atoms with van der Waals surface area (Å²) in [5.41, 5.74) is 13.5. The van der Waals surface area contributed by atoms with Gasteiger partial charge in [0.05, 0.1) is 78.8 Å². The first-order valence-electron chi connectivity index (χ1n) is 47.2. The molecule has 37 nitrogen and oxygen atoms in total. The Morgan fingerprint density at radius 2 is 0.741 bits per heavy atom. The molecule has 0 aromatic carbocycles. The monoisotopic (exact) mass is 1960 g/mol. The van der Waals surface area contributed by atoms with E-state index < -0.39 is 41.7 Å². The van der Waals surface area contributed by atoms with Gasteiger partial charge in [-0.2, -0.15) is 29.8 Å². The molecule has 18 rings (SSSR count). The molecule has 5 N–H and O–H groups in total. The van der Waals surface area contributed by atoms with Crippen molar-refractivity contribution in [1.29, 1.82) is 0 Å². The standard InChI is InChI=1S/C29H36N8O3.C24H28N8O.C19H21BrN6O.C16H27BN2O4.C11H19BN2O2/c1-17-24(18(2)37(34-17)28(39)40-29(3,4)5)22-16-19(10-13-30-22)25(38)27-31-21-8-9-23(32-26(21)33-27)36-14-11-20(12-15-36)35(6)7;1-14-21(15(2)30-29-14)19-13-16(7-10-25-19)22(33)24-26-18-5-6-20(27-23(18)28-24)32-11-8-17(9-12-32)31(3)4;1-25(2)13-6-9-26(10-7-13)16-4-3-14-18(23-16)24-19(22-14)17(27)12-5-8-21-15(20)11-12;1-10-12(17-22-15(6,7)16(8,9)23-17)11(2)19(18-10)13(20)21-14(3,4)5;1-7-9(8(2)14-13-7)12-15-10(3,4)11(5,6)16-12/h8-10,13,16,20H,11-12,14-15H2,1-7H3,(H,31,32,33);5-7,10,13,17H,8-9,11-12H2,1-4H3,(H,29,30)(H,26,27,28);3-5,8,11,13H,6-7,9-10H2,1-2H3,(H,22,23,24);1-9H3;1-6H3,(H,13,14). The molecule has 0 atom stereocenters. The molecular formula is C99H131B2BrN26O11. The molecule has 0 bridgehead atoms. The van der Waals surface area contributed by atoms with Crippen molar-refractivity contribution in [2.75, 3.05) is 96.3 Å². The lowest BCUT2D eigenvalue weighted by molar-refractivity contribution is 0.00578. The molecule has 139 heavy (non-hydrogen) atoms. The fourth-order valence-electron chi connectivity index (χ4n) is 17.4. The van der Waals surface area contributed by atoms with E-state index in [1.165, 1.54) is 9.36 Å². The second kappa shape index (κ2) is 40.9. The Hall–Kier alpha value is -12.2. The van der Waals surface area contributed by atoms with E-state index in [4.69, 9.17) is 38.1 Å². The zero-order valence-electron chi connectivity index (χ0n) is 85.3. The number of piperidine rings is 3. The number of anilines is 3. The van der Waals surface area contributed by atoms with Gasteiger partial charge in [0.25, 0.3) is 0 Å². The minimum atomic E-state index is -0.654. The van der Waals surface area contributed by atoms with E-state index in [2.05, 4.69) is 196 Å². The summed E-state index contributed by atoms with van der Waals surface area (Å²) in [5, 5.41) is 23.0. The smallest absolute Gasteiger partial charge is 0.442 e. The van der Waals surface area contributed by atoms with Crippen molar-refractivity contribution in [3.8, 4) is 22.5 Å². The molecule has 0 amide bonds. The third-order valence-corrected chi connectivity index (χ3v) is 27.2. The van der Waals surface area contributed by atoms with Crippen molar-refractivity contribution in [3.63, 3.8) is 0 Å². The third kappa shape index (κ3) is 23.1. The summed E-state index contributed by atoms with van der Waals surface area (Å²) in [6.45, 7) is 47.9. The van der Waals surface area contributed by atoms with E-state index >= 15 is 0 Å². The van der Waals surface area contributed by atoms with Gasteiger partial charge in [-0.05, 0) is 322 Å². The first-order valence-corrected chi connectivity index (χ1v) is 48.0.